The smallest absolute Gasteiger partial charge is 0.300 e. The van der Waals surface area contributed by atoms with E-state index in [4.69, 9.17) is 9.05 Å². The van der Waals surface area contributed by atoms with Crippen LogP contribution in [0.5, 0.6) is 0 Å². The molecule has 0 fully saturated rings. The van der Waals surface area contributed by atoms with Crippen molar-refractivity contribution in [3.05, 3.63) is 71.8 Å². The van der Waals surface area contributed by atoms with Crippen molar-refractivity contribution in [2.45, 2.75) is 38.1 Å². The van der Waals surface area contributed by atoms with E-state index in [1.165, 1.54) is 14.2 Å². The largest absolute Gasteiger partial charge is 0.407 e. The molecule has 6 heteroatoms. The number of rotatable bonds is 10. The quantitative estimate of drug-likeness (QED) is 0.519. The van der Waals surface area contributed by atoms with Gasteiger partial charge in [0, 0.05) is 26.7 Å². The number of benzene rings is 2. The molecule has 0 aromatic heterocycles. The maximum atomic E-state index is 13.4. The molecule has 0 N–H and O–H groups in total. The van der Waals surface area contributed by atoms with Gasteiger partial charge >= 0.3 is 7.75 Å². The van der Waals surface area contributed by atoms with Crippen molar-refractivity contribution in [1.29, 1.82) is 0 Å². The topological polar surface area (TPSA) is 55.8 Å². The van der Waals surface area contributed by atoms with E-state index in [1.807, 2.05) is 74.5 Å². The first-order chi connectivity index (χ1) is 13.4. The molecule has 0 saturated carbocycles. The first-order valence-corrected chi connectivity index (χ1v) is 10.9. The third kappa shape index (κ3) is 4.28. The number of carbonyl (C=O) groups is 1. The first kappa shape index (κ1) is 22.5. The molecule has 152 valence electrons. The minimum Gasteiger partial charge on any atom is -0.300 e. The fourth-order valence-corrected chi connectivity index (χ4v) is 4.96. The lowest BCUT2D eigenvalue weighted by Gasteiger charge is -2.39. The summed E-state index contributed by atoms with van der Waals surface area (Å²) in [5, 5.41) is 0. The van der Waals surface area contributed by atoms with Crippen LogP contribution >= 0.6 is 7.75 Å². The predicted molar refractivity (Wildman–Crippen MR) is 112 cm³/mol. The molecule has 1 unspecified atom stereocenters. The maximum absolute atomic E-state index is 13.4. The van der Waals surface area contributed by atoms with Gasteiger partial charge in [-0.05, 0) is 31.5 Å². The van der Waals surface area contributed by atoms with Crippen molar-refractivity contribution in [1.82, 2.24) is 4.67 Å². The zero-order valence-corrected chi connectivity index (χ0v) is 18.2. The van der Waals surface area contributed by atoms with Crippen LogP contribution in [0.4, 0.5) is 0 Å². The molecule has 5 nitrogen and oxygen atoms in total. The zero-order valence-electron chi connectivity index (χ0n) is 17.3. The molecule has 2 aromatic carbocycles. The molecule has 1 atom stereocenters. The second-order valence-electron chi connectivity index (χ2n) is 6.87. The summed E-state index contributed by atoms with van der Waals surface area (Å²) in [6, 6.07) is 19.3. The second kappa shape index (κ2) is 9.62. The van der Waals surface area contributed by atoms with Gasteiger partial charge in [-0.3, -0.25) is 13.8 Å². The maximum Gasteiger partial charge on any atom is 0.407 e. The van der Waals surface area contributed by atoms with Gasteiger partial charge in [0.05, 0.1) is 5.41 Å². The van der Waals surface area contributed by atoms with Crippen LogP contribution in [0.15, 0.2) is 60.7 Å². The third-order valence-electron chi connectivity index (χ3n) is 5.42. The van der Waals surface area contributed by atoms with E-state index in [-0.39, 0.29) is 11.8 Å². The Morgan fingerprint density at radius 2 is 1.43 bits per heavy atom. The molecule has 2 aromatic rings. The first-order valence-electron chi connectivity index (χ1n) is 9.44. The van der Waals surface area contributed by atoms with E-state index in [0.717, 1.165) is 11.1 Å². The minimum absolute atomic E-state index is 0.120. The van der Waals surface area contributed by atoms with Crippen LogP contribution in [0, 0.1) is 0 Å². The highest BCUT2D eigenvalue weighted by molar-refractivity contribution is 7.51. The number of ketones is 1. The summed E-state index contributed by atoms with van der Waals surface area (Å²) in [6.45, 7) is 3.82. The van der Waals surface area contributed by atoms with Gasteiger partial charge in [0.15, 0.2) is 0 Å². The molecular formula is C22H30NO4P. The molecule has 0 amide bonds. The summed E-state index contributed by atoms with van der Waals surface area (Å²) < 4.78 is 24.8. The minimum atomic E-state index is -3.41. The fraction of sp³-hybridized carbons (Fsp3) is 0.409. The predicted octanol–water partition coefficient (Wildman–Crippen LogP) is 5.06. The standard InChI is InChI=1S/C22H30NO4P/c1-6-21(24)22(19-13-9-7-10-14-19,20-15-11-8-12-16-20)17-18(2)23(3)28(25,26-4)27-5/h7-16,18H,6,17H2,1-5H3. The van der Waals surface area contributed by atoms with Gasteiger partial charge in [-0.15, -0.1) is 0 Å². The molecular weight excluding hydrogens is 373 g/mol. The summed E-state index contributed by atoms with van der Waals surface area (Å²) in [5.74, 6) is 0.120. The Balaban J connectivity index is 2.61. The average Bonchev–Trinajstić information content (AvgIpc) is 2.76. The molecule has 28 heavy (non-hydrogen) atoms. The molecule has 0 radical (unpaired) electrons. The van der Waals surface area contributed by atoms with Gasteiger partial charge in [-0.2, -0.15) is 0 Å². The van der Waals surface area contributed by atoms with E-state index < -0.39 is 13.2 Å². The number of Topliss-reactive ketones (excluding diaryl/α,β-unsaturated/α-hetero) is 1. The van der Waals surface area contributed by atoms with Gasteiger partial charge in [-0.1, -0.05) is 67.6 Å². The average molecular weight is 403 g/mol. The highest BCUT2D eigenvalue weighted by Crippen LogP contribution is 2.52. The lowest BCUT2D eigenvalue weighted by molar-refractivity contribution is -0.123. The van der Waals surface area contributed by atoms with Gasteiger partial charge in [0.1, 0.15) is 5.78 Å². The Kier molecular flexibility index (Phi) is 7.73. The molecule has 0 aliphatic rings. The van der Waals surface area contributed by atoms with Gasteiger partial charge < -0.3 is 0 Å². The monoisotopic (exact) mass is 403 g/mol. The van der Waals surface area contributed by atoms with E-state index in [9.17, 15) is 9.36 Å². The van der Waals surface area contributed by atoms with Crippen molar-refractivity contribution in [3.8, 4) is 0 Å². The van der Waals surface area contributed by atoms with Crippen LogP contribution < -0.4 is 0 Å². The van der Waals surface area contributed by atoms with Gasteiger partial charge in [0.2, 0.25) is 0 Å². The Morgan fingerprint density at radius 1 is 1.00 bits per heavy atom. The zero-order chi connectivity index (χ0) is 20.8. The van der Waals surface area contributed by atoms with Crippen molar-refractivity contribution in [3.63, 3.8) is 0 Å². The molecule has 0 heterocycles. The van der Waals surface area contributed by atoms with Crippen molar-refractivity contribution in [2.75, 3.05) is 21.3 Å². The lowest BCUT2D eigenvalue weighted by Crippen LogP contribution is -2.43. The highest BCUT2D eigenvalue weighted by atomic mass is 31.2. The Bertz CT molecular complexity index is 762. The van der Waals surface area contributed by atoms with Gasteiger partial charge in [0.25, 0.3) is 0 Å². The summed E-state index contributed by atoms with van der Waals surface area (Å²) in [4.78, 5) is 13.4. The lowest BCUT2D eigenvalue weighted by atomic mass is 9.67. The SMILES string of the molecule is CCC(=O)C(CC(C)N(C)P(=O)(OC)OC)(c1ccccc1)c1ccccc1. The normalized spacial score (nSPS) is 13.5. The van der Waals surface area contributed by atoms with Crippen LogP contribution in [0.1, 0.15) is 37.8 Å². The summed E-state index contributed by atoms with van der Waals surface area (Å²) in [7, 11) is 1.02. The second-order valence-corrected chi connectivity index (χ2v) is 9.17. The van der Waals surface area contributed by atoms with Gasteiger partial charge in [-0.25, -0.2) is 9.24 Å². The van der Waals surface area contributed by atoms with Crippen molar-refractivity contribution < 1.29 is 18.4 Å². The van der Waals surface area contributed by atoms with Crippen molar-refractivity contribution in [2.24, 2.45) is 0 Å². The van der Waals surface area contributed by atoms with E-state index in [0.29, 0.717) is 12.8 Å². The highest BCUT2D eigenvalue weighted by Gasteiger charge is 2.44. The Labute approximate surface area is 168 Å². The third-order valence-corrected chi connectivity index (χ3v) is 7.51. The van der Waals surface area contributed by atoms with E-state index >= 15 is 0 Å². The van der Waals surface area contributed by atoms with Crippen LogP contribution in [0.25, 0.3) is 0 Å². The summed E-state index contributed by atoms with van der Waals surface area (Å²) in [6.07, 6.45) is 0.841. The number of carbonyl (C=O) groups excluding carboxylic acids is 1. The van der Waals surface area contributed by atoms with Crippen LogP contribution in [0.3, 0.4) is 0 Å². The van der Waals surface area contributed by atoms with E-state index in [2.05, 4.69) is 0 Å². The van der Waals surface area contributed by atoms with Crippen LogP contribution in [-0.4, -0.2) is 37.8 Å². The fourth-order valence-electron chi connectivity index (χ4n) is 3.73. The van der Waals surface area contributed by atoms with Crippen LogP contribution in [-0.2, 0) is 23.8 Å². The summed E-state index contributed by atoms with van der Waals surface area (Å²) >= 11 is 0. The summed E-state index contributed by atoms with van der Waals surface area (Å²) in [5.41, 5.74) is 1.01. The Morgan fingerprint density at radius 3 is 1.79 bits per heavy atom. The van der Waals surface area contributed by atoms with E-state index in [1.54, 1.807) is 11.7 Å². The number of nitrogens with zero attached hydrogens (tertiary/aromatic N) is 1. The molecule has 0 saturated heterocycles. The van der Waals surface area contributed by atoms with Crippen molar-refractivity contribution >= 4 is 13.5 Å². The van der Waals surface area contributed by atoms with Crippen LogP contribution in [0.2, 0.25) is 0 Å². The molecule has 0 spiro atoms. The molecule has 2 rings (SSSR count). The molecule has 0 aliphatic carbocycles. The number of hydrogen-bond acceptors (Lipinski definition) is 4. The Hall–Kier alpha value is -1.78. The molecule has 0 bridgehead atoms. The number of hydrogen-bond donors (Lipinski definition) is 0. The molecule has 0 aliphatic heterocycles.